The van der Waals surface area contributed by atoms with Crippen LogP contribution in [0, 0.1) is 18.8 Å². The van der Waals surface area contributed by atoms with E-state index in [9.17, 15) is 24.3 Å². The second-order valence-electron chi connectivity index (χ2n) is 9.92. The molecule has 1 fully saturated rings. The zero-order chi connectivity index (χ0) is 29.1. The number of aromatic nitrogens is 1. The first-order valence-corrected chi connectivity index (χ1v) is 14.1. The number of amides is 1. The van der Waals surface area contributed by atoms with Gasteiger partial charge in [-0.2, -0.15) is 0 Å². The van der Waals surface area contributed by atoms with Gasteiger partial charge in [0.1, 0.15) is 0 Å². The molecule has 3 aromatic carbocycles. The summed E-state index contributed by atoms with van der Waals surface area (Å²) in [5.74, 6) is -7.69. The summed E-state index contributed by atoms with van der Waals surface area (Å²) in [6.07, 6.45) is -1.34. The number of aliphatic carboxylic acids is 1. The van der Waals surface area contributed by atoms with E-state index in [1.54, 1.807) is 42.8 Å². The quantitative estimate of drug-likeness (QED) is 0.264. The van der Waals surface area contributed by atoms with E-state index in [1.165, 1.54) is 41.7 Å². The summed E-state index contributed by atoms with van der Waals surface area (Å²) in [7, 11) is 0. The largest absolute Gasteiger partial charge is 1.00 e. The average molecular weight is 629 g/mol. The first-order valence-electron chi connectivity index (χ1n) is 12.4. The summed E-state index contributed by atoms with van der Waals surface area (Å²) in [5.41, 5.74) is 2.19. The molecule has 1 spiro atoms. The predicted octanol–water partition coefficient (Wildman–Crippen LogP) is 1.94. The van der Waals surface area contributed by atoms with Gasteiger partial charge in [-0.1, -0.05) is 59.1 Å². The van der Waals surface area contributed by atoms with Crippen LogP contribution in [0.5, 0.6) is 0 Å². The zero-order valence-electron chi connectivity index (χ0n) is 22.2. The van der Waals surface area contributed by atoms with Crippen molar-refractivity contribution >= 4 is 63.7 Å². The molecule has 4 atom stereocenters. The van der Waals surface area contributed by atoms with Crippen molar-refractivity contribution in [1.29, 1.82) is 0 Å². The van der Waals surface area contributed by atoms with E-state index in [0.29, 0.717) is 11.3 Å². The van der Waals surface area contributed by atoms with Crippen molar-refractivity contribution in [2.24, 2.45) is 11.8 Å². The Bertz CT molecular complexity index is 1750. The fourth-order valence-electron chi connectivity index (χ4n) is 5.58. The van der Waals surface area contributed by atoms with E-state index in [1.807, 2.05) is 5.38 Å². The van der Waals surface area contributed by atoms with Crippen LogP contribution in [0.2, 0.25) is 10.0 Å². The maximum atomic E-state index is 13.9. The Kier molecular flexibility index (Phi) is 8.48. The molecule has 206 valence electrons. The number of halogens is 2. The Labute approximate surface area is 276 Å². The molecule has 8 nitrogen and oxygen atoms in total. The molecule has 0 radical (unpaired) electrons. The molecule has 1 aromatic heterocycles. The third kappa shape index (κ3) is 4.93. The molecule has 1 saturated heterocycles. The minimum Gasteiger partial charge on any atom is -0.550 e. The van der Waals surface area contributed by atoms with Crippen LogP contribution in [0.15, 0.2) is 71.6 Å². The Morgan fingerprint density at radius 1 is 0.976 bits per heavy atom. The predicted molar refractivity (Wildman–Crippen MR) is 151 cm³/mol. The number of carbonyl (C=O) groups excluding carboxylic acids is 4. The number of hydrogen-bond acceptors (Lipinski definition) is 8. The first kappa shape index (κ1) is 30.6. The number of Topliss-reactive ketones (excluding diaryl/α,β-unsaturated/α-hetero) is 2. The number of nitrogens with one attached hydrogen (secondary N) is 1. The Balaban J connectivity index is 0.00000353. The van der Waals surface area contributed by atoms with Crippen LogP contribution in [0.3, 0.4) is 0 Å². The van der Waals surface area contributed by atoms with Crippen molar-refractivity contribution in [2.75, 3.05) is 5.32 Å². The molecule has 0 saturated carbocycles. The molecule has 1 aliphatic heterocycles. The SMILES string of the molecule is Cc1ccc2c(c1)C(=O)[C@]1(O[C@@H](c3ccc(Cl)c(Cl)c3)[C@@H](C(=O)Nc3ccc(-c4cscn4)cc3)[C@H]1C(=O)[O-])C2=O.[Na+]. The number of carboxylic acids is 1. The molecular weight excluding hydrogens is 610 g/mol. The Morgan fingerprint density at radius 3 is 2.33 bits per heavy atom. The van der Waals surface area contributed by atoms with Crippen molar-refractivity contribution in [2.45, 2.75) is 18.6 Å². The third-order valence-electron chi connectivity index (χ3n) is 7.48. The van der Waals surface area contributed by atoms with Crippen molar-refractivity contribution in [3.63, 3.8) is 0 Å². The van der Waals surface area contributed by atoms with Gasteiger partial charge in [0.05, 0.1) is 39.2 Å². The van der Waals surface area contributed by atoms with Gasteiger partial charge in [-0.25, -0.2) is 4.98 Å². The van der Waals surface area contributed by atoms with E-state index in [0.717, 1.165) is 11.3 Å². The molecule has 1 aliphatic carbocycles. The number of fused-ring (bicyclic) bond motifs is 1. The van der Waals surface area contributed by atoms with Crippen molar-refractivity contribution in [3.8, 4) is 11.3 Å². The van der Waals surface area contributed by atoms with Crippen molar-refractivity contribution < 1.29 is 58.6 Å². The minimum absolute atomic E-state index is 0. The summed E-state index contributed by atoms with van der Waals surface area (Å²) >= 11 is 13.8. The second-order valence-corrected chi connectivity index (χ2v) is 11.5. The number of ketones is 2. The van der Waals surface area contributed by atoms with Gasteiger partial charge in [-0.15, -0.1) is 11.3 Å². The standard InChI is InChI=1S/C30H20Cl2N2O6S.Na/c1-14-2-8-18-19(10-14)27(36)30(26(18)35)24(29(38)39)23(25(40-30)16-5-9-20(31)21(32)11-16)28(37)34-17-6-3-15(4-7-17)22-12-41-13-33-22;/h2-13,23-25H,1H3,(H,34,37)(H,38,39);/q;+1/p-1/t23-,24-,25-,30+;/m0./s1. The van der Waals surface area contributed by atoms with Crippen LogP contribution < -0.4 is 40.0 Å². The third-order valence-corrected chi connectivity index (χ3v) is 8.81. The zero-order valence-corrected chi connectivity index (χ0v) is 26.5. The number of thiazole rings is 1. The molecular formula is C30H19Cl2N2NaO6S. The van der Waals surface area contributed by atoms with Gasteiger partial charge in [0, 0.05) is 33.7 Å². The van der Waals surface area contributed by atoms with Crippen LogP contribution in [0.25, 0.3) is 11.3 Å². The van der Waals surface area contributed by atoms with Gasteiger partial charge in [0.2, 0.25) is 23.1 Å². The number of aryl methyl sites for hydroxylation is 1. The smallest absolute Gasteiger partial charge is 0.550 e. The Hall–Kier alpha value is -2.89. The summed E-state index contributed by atoms with van der Waals surface area (Å²) in [4.78, 5) is 58.6. The van der Waals surface area contributed by atoms with E-state index in [2.05, 4.69) is 10.3 Å². The van der Waals surface area contributed by atoms with E-state index < -0.39 is 47.0 Å². The number of carbonyl (C=O) groups is 4. The van der Waals surface area contributed by atoms with Gasteiger partial charge in [0.15, 0.2) is 0 Å². The molecule has 0 unspecified atom stereocenters. The molecule has 2 heterocycles. The average Bonchev–Trinajstić information content (AvgIpc) is 3.66. The van der Waals surface area contributed by atoms with E-state index >= 15 is 0 Å². The van der Waals surface area contributed by atoms with Crippen LogP contribution in [0.1, 0.15) is 37.9 Å². The fraction of sp³-hybridized carbons (Fsp3) is 0.167. The number of nitrogens with zero attached hydrogens (tertiary/aromatic N) is 1. The Morgan fingerprint density at radius 2 is 1.69 bits per heavy atom. The molecule has 1 amide bonds. The summed E-state index contributed by atoms with van der Waals surface area (Å²) < 4.78 is 6.16. The minimum atomic E-state index is -2.50. The molecule has 0 bridgehead atoms. The van der Waals surface area contributed by atoms with Gasteiger partial charge in [-0.05, 0) is 42.8 Å². The summed E-state index contributed by atoms with van der Waals surface area (Å²) in [5, 5.41) is 17.7. The number of rotatable bonds is 5. The number of carboxylic acid groups (broad SMARTS) is 1. The fourth-order valence-corrected chi connectivity index (χ4v) is 6.45. The molecule has 2 aliphatic rings. The van der Waals surface area contributed by atoms with Gasteiger partial charge in [-0.3, -0.25) is 14.4 Å². The molecule has 12 heteroatoms. The topological polar surface area (TPSA) is 125 Å². The maximum Gasteiger partial charge on any atom is 1.00 e. The summed E-state index contributed by atoms with van der Waals surface area (Å²) in [6, 6.07) is 15.8. The van der Waals surface area contributed by atoms with Gasteiger partial charge >= 0.3 is 29.6 Å². The van der Waals surface area contributed by atoms with Crippen LogP contribution >= 0.6 is 34.5 Å². The molecule has 6 rings (SSSR count). The van der Waals surface area contributed by atoms with E-state index in [4.69, 9.17) is 27.9 Å². The van der Waals surface area contributed by atoms with Crippen molar-refractivity contribution in [1.82, 2.24) is 4.98 Å². The first-order chi connectivity index (χ1) is 19.6. The van der Waals surface area contributed by atoms with Crippen LogP contribution in [-0.2, 0) is 14.3 Å². The molecule has 4 aromatic rings. The van der Waals surface area contributed by atoms with Crippen LogP contribution in [0.4, 0.5) is 5.69 Å². The number of benzene rings is 3. The number of anilines is 1. The molecule has 1 N–H and O–H groups in total. The molecule has 42 heavy (non-hydrogen) atoms. The van der Waals surface area contributed by atoms with Gasteiger partial charge < -0.3 is 20.0 Å². The van der Waals surface area contributed by atoms with E-state index in [-0.39, 0.29) is 56.3 Å². The second kappa shape index (κ2) is 11.7. The number of hydrogen-bond donors (Lipinski definition) is 1. The van der Waals surface area contributed by atoms with Gasteiger partial charge in [0.25, 0.3) is 0 Å². The normalized spacial score (nSPS) is 22.6. The maximum absolute atomic E-state index is 13.9. The monoisotopic (exact) mass is 628 g/mol. The van der Waals surface area contributed by atoms with Crippen LogP contribution in [-0.4, -0.2) is 34.0 Å². The number of ether oxygens (including phenoxy) is 1. The summed E-state index contributed by atoms with van der Waals surface area (Å²) in [6.45, 7) is 1.74. The van der Waals surface area contributed by atoms with Crippen molar-refractivity contribution in [3.05, 3.63) is 104 Å².